The normalized spacial score (nSPS) is 11.3. The Balaban J connectivity index is 1.79. The highest BCUT2D eigenvalue weighted by Crippen LogP contribution is 2.24. The predicted molar refractivity (Wildman–Crippen MR) is 79.3 cm³/mol. The largest absolute Gasteiger partial charge is 0.397 e. The SMILES string of the molecule is CC(C)CCOCCNc1cc2[nH]ncc2cc1N. The van der Waals surface area contributed by atoms with Gasteiger partial charge in [-0.3, -0.25) is 5.10 Å². The molecule has 0 saturated heterocycles. The Morgan fingerprint density at radius 1 is 1.37 bits per heavy atom. The Bertz CT molecular complexity index is 521. The van der Waals surface area contributed by atoms with Gasteiger partial charge in [-0.05, 0) is 24.5 Å². The molecule has 0 aliphatic carbocycles. The zero-order valence-corrected chi connectivity index (χ0v) is 11.6. The van der Waals surface area contributed by atoms with Gasteiger partial charge < -0.3 is 15.8 Å². The minimum atomic E-state index is 0.686. The highest BCUT2D eigenvalue weighted by molar-refractivity contribution is 5.88. The van der Waals surface area contributed by atoms with E-state index >= 15 is 0 Å². The van der Waals surface area contributed by atoms with Crippen LogP contribution in [-0.2, 0) is 4.74 Å². The number of nitrogen functional groups attached to an aromatic ring is 1. The monoisotopic (exact) mass is 262 g/mol. The first-order chi connectivity index (χ1) is 9.16. The average molecular weight is 262 g/mol. The van der Waals surface area contributed by atoms with Crippen LogP contribution in [0.2, 0.25) is 0 Å². The van der Waals surface area contributed by atoms with E-state index < -0.39 is 0 Å². The highest BCUT2D eigenvalue weighted by Gasteiger charge is 2.03. The molecule has 1 aromatic heterocycles. The number of aromatic nitrogens is 2. The molecule has 104 valence electrons. The van der Waals surface area contributed by atoms with Crippen molar-refractivity contribution in [2.24, 2.45) is 5.92 Å². The number of aromatic amines is 1. The molecule has 0 atom stereocenters. The molecular weight excluding hydrogens is 240 g/mol. The lowest BCUT2D eigenvalue weighted by atomic mass is 10.1. The first kappa shape index (κ1) is 13.7. The number of fused-ring (bicyclic) bond motifs is 1. The minimum absolute atomic E-state index is 0.686. The number of rotatable bonds is 7. The van der Waals surface area contributed by atoms with Crippen LogP contribution in [0.5, 0.6) is 0 Å². The second-order valence-electron chi connectivity index (χ2n) is 5.12. The molecule has 0 saturated carbocycles. The summed E-state index contributed by atoms with van der Waals surface area (Å²) < 4.78 is 5.56. The fourth-order valence-corrected chi connectivity index (χ4v) is 1.84. The third-order valence-electron chi connectivity index (χ3n) is 3.01. The van der Waals surface area contributed by atoms with E-state index in [1.807, 2.05) is 12.1 Å². The standard InChI is InChI=1S/C14H22N4O/c1-10(2)3-5-19-6-4-16-14-8-13-11(7-12(14)15)9-17-18-13/h7-10,16H,3-6,15H2,1-2H3,(H,17,18). The van der Waals surface area contributed by atoms with Crippen molar-refractivity contribution in [3.8, 4) is 0 Å². The summed E-state index contributed by atoms with van der Waals surface area (Å²) in [7, 11) is 0. The molecule has 0 radical (unpaired) electrons. The summed E-state index contributed by atoms with van der Waals surface area (Å²) in [6, 6.07) is 3.90. The molecule has 0 aliphatic rings. The van der Waals surface area contributed by atoms with Crippen molar-refractivity contribution in [3.63, 3.8) is 0 Å². The molecule has 0 fully saturated rings. The lowest BCUT2D eigenvalue weighted by molar-refractivity contribution is 0.133. The summed E-state index contributed by atoms with van der Waals surface area (Å²) in [6.45, 7) is 6.65. The lowest BCUT2D eigenvalue weighted by Crippen LogP contribution is -2.11. The van der Waals surface area contributed by atoms with Gasteiger partial charge in [0.05, 0.1) is 29.7 Å². The second-order valence-corrected chi connectivity index (χ2v) is 5.12. The van der Waals surface area contributed by atoms with E-state index in [4.69, 9.17) is 10.5 Å². The Morgan fingerprint density at radius 2 is 2.21 bits per heavy atom. The predicted octanol–water partition coefficient (Wildman–Crippen LogP) is 2.62. The first-order valence-corrected chi connectivity index (χ1v) is 6.71. The van der Waals surface area contributed by atoms with Crippen LogP contribution >= 0.6 is 0 Å². The van der Waals surface area contributed by atoms with Crippen LogP contribution in [0, 0.1) is 5.92 Å². The van der Waals surface area contributed by atoms with Crippen molar-refractivity contribution in [2.75, 3.05) is 30.8 Å². The Labute approximate surface area is 113 Å². The minimum Gasteiger partial charge on any atom is -0.397 e. The van der Waals surface area contributed by atoms with E-state index in [-0.39, 0.29) is 0 Å². The van der Waals surface area contributed by atoms with Crippen molar-refractivity contribution in [3.05, 3.63) is 18.3 Å². The number of hydrogen-bond donors (Lipinski definition) is 3. The van der Waals surface area contributed by atoms with E-state index in [2.05, 4.69) is 29.4 Å². The van der Waals surface area contributed by atoms with Crippen molar-refractivity contribution in [1.82, 2.24) is 10.2 Å². The van der Waals surface area contributed by atoms with Gasteiger partial charge in [0.1, 0.15) is 0 Å². The number of nitrogens with zero attached hydrogens (tertiary/aromatic N) is 1. The van der Waals surface area contributed by atoms with E-state index in [1.165, 1.54) is 0 Å². The van der Waals surface area contributed by atoms with Gasteiger partial charge in [-0.1, -0.05) is 13.8 Å². The van der Waals surface area contributed by atoms with Gasteiger partial charge >= 0.3 is 0 Å². The van der Waals surface area contributed by atoms with Crippen LogP contribution in [0.4, 0.5) is 11.4 Å². The smallest absolute Gasteiger partial charge is 0.0672 e. The highest BCUT2D eigenvalue weighted by atomic mass is 16.5. The zero-order valence-electron chi connectivity index (χ0n) is 11.6. The van der Waals surface area contributed by atoms with Crippen LogP contribution in [0.25, 0.3) is 10.9 Å². The van der Waals surface area contributed by atoms with E-state index in [0.29, 0.717) is 12.5 Å². The molecule has 0 unspecified atom stereocenters. The fraction of sp³-hybridized carbons (Fsp3) is 0.500. The van der Waals surface area contributed by atoms with Gasteiger partial charge in [0.2, 0.25) is 0 Å². The molecule has 19 heavy (non-hydrogen) atoms. The quantitative estimate of drug-likeness (QED) is 0.529. The zero-order chi connectivity index (χ0) is 13.7. The lowest BCUT2D eigenvalue weighted by Gasteiger charge is -2.10. The summed E-state index contributed by atoms with van der Waals surface area (Å²) in [5.74, 6) is 0.686. The number of nitrogens with two attached hydrogens (primary N) is 1. The van der Waals surface area contributed by atoms with Crippen molar-refractivity contribution in [2.45, 2.75) is 20.3 Å². The molecule has 5 heteroatoms. The molecule has 0 spiro atoms. The second kappa shape index (κ2) is 6.43. The van der Waals surface area contributed by atoms with Crippen LogP contribution < -0.4 is 11.1 Å². The molecule has 0 aliphatic heterocycles. The molecule has 5 nitrogen and oxygen atoms in total. The Kier molecular flexibility index (Phi) is 4.63. The number of benzene rings is 1. The molecule has 2 aromatic rings. The van der Waals surface area contributed by atoms with E-state index in [9.17, 15) is 0 Å². The summed E-state index contributed by atoms with van der Waals surface area (Å²) in [5.41, 5.74) is 8.62. The van der Waals surface area contributed by atoms with Crippen molar-refractivity contribution in [1.29, 1.82) is 0 Å². The fourth-order valence-electron chi connectivity index (χ4n) is 1.84. The van der Waals surface area contributed by atoms with Crippen LogP contribution in [0.3, 0.4) is 0 Å². The van der Waals surface area contributed by atoms with Gasteiger partial charge in [0, 0.05) is 18.5 Å². The molecule has 0 bridgehead atoms. The van der Waals surface area contributed by atoms with Gasteiger partial charge in [-0.2, -0.15) is 5.10 Å². The first-order valence-electron chi connectivity index (χ1n) is 6.71. The molecule has 0 amide bonds. The van der Waals surface area contributed by atoms with Gasteiger partial charge in [0.25, 0.3) is 0 Å². The maximum absolute atomic E-state index is 5.98. The third kappa shape index (κ3) is 3.86. The maximum Gasteiger partial charge on any atom is 0.0672 e. The van der Waals surface area contributed by atoms with Crippen LogP contribution in [0.15, 0.2) is 18.3 Å². The molecule has 1 aromatic carbocycles. The molecular formula is C14H22N4O. The summed E-state index contributed by atoms with van der Waals surface area (Å²) in [5, 5.41) is 11.2. The van der Waals surface area contributed by atoms with Crippen LogP contribution in [0.1, 0.15) is 20.3 Å². The number of ether oxygens (including phenoxy) is 1. The van der Waals surface area contributed by atoms with Gasteiger partial charge in [-0.25, -0.2) is 0 Å². The number of anilines is 2. The van der Waals surface area contributed by atoms with Gasteiger partial charge in [0.15, 0.2) is 0 Å². The van der Waals surface area contributed by atoms with Gasteiger partial charge in [-0.15, -0.1) is 0 Å². The summed E-state index contributed by atoms with van der Waals surface area (Å²) in [4.78, 5) is 0. The molecule has 4 N–H and O–H groups in total. The Hall–Kier alpha value is -1.75. The summed E-state index contributed by atoms with van der Waals surface area (Å²) in [6.07, 6.45) is 2.87. The number of hydrogen-bond acceptors (Lipinski definition) is 4. The van der Waals surface area contributed by atoms with E-state index in [1.54, 1.807) is 6.20 Å². The number of nitrogens with one attached hydrogen (secondary N) is 2. The van der Waals surface area contributed by atoms with Crippen LogP contribution in [-0.4, -0.2) is 30.0 Å². The molecule has 2 rings (SSSR count). The Morgan fingerprint density at radius 3 is 3.00 bits per heavy atom. The molecule has 1 heterocycles. The number of H-pyrrole nitrogens is 1. The van der Waals surface area contributed by atoms with Crippen molar-refractivity contribution < 1.29 is 4.74 Å². The average Bonchev–Trinajstić information content (AvgIpc) is 2.80. The van der Waals surface area contributed by atoms with E-state index in [0.717, 1.165) is 41.9 Å². The topological polar surface area (TPSA) is 76.0 Å². The maximum atomic E-state index is 5.98. The van der Waals surface area contributed by atoms with Crippen molar-refractivity contribution >= 4 is 22.3 Å². The summed E-state index contributed by atoms with van der Waals surface area (Å²) >= 11 is 0. The third-order valence-corrected chi connectivity index (χ3v) is 3.01.